The number of nitrogens with one attached hydrogen (secondary N) is 1. The molecule has 4 rings (SSSR count). The molecule has 0 fully saturated rings. The van der Waals surface area contributed by atoms with Crippen molar-refractivity contribution in [3.05, 3.63) is 62.4 Å². The largest absolute Gasteiger partial charge is 0.352 e. The van der Waals surface area contributed by atoms with Crippen LogP contribution in [0, 0.1) is 0 Å². The van der Waals surface area contributed by atoms with Crippen molar-refractivity contribution >= 4 is 56.7 Å². The van der Waals surface area contributed by atoms with E-state index >= 15 is 0 Å². The molecule has 9 heteroatoms. The lowest BCUT2D eigenvalue weighted by Crippen LogP contribution is -2.26. The van der Waals surface area contributed by atoms with Crippen molar-refractivity contribution in [1.29, 1.82) is 0 Å². The second kappa shape index (κ2) is 7.36. The number of benzene rings is 1. The van der Waals surface area contributed by atoms with E-state index in [9.17, 15) is 4.79 Å². The van der Waals surface area contributed by atoms with Crippen LogP contribution in [0.2, 0.25) is 10.0 Å². The van der Waals surface area contributed by atoms with Gasteiger partial charge in [0.2, 0.25) is 4.96 Å². The molecule has 0 aliphatic heterocycles. The molecule has 3 heterocycles. The Bertz CT molecular complexity index is 1070. The molecule has 0 aliphatic rings. The third kappa shape index (κ3) is 3.48. The fraction of sp³-hybridized carbons (Fsp3) is 0.118. The van der Waals surface area contributed by atoms with Crippen LogP contribution in [0.5, 0.6) is 0 Å². The maximum atomic E-state index is 12.3. The number of thiazole rings is 1. The molecule has 4 aromatic rings. The first kappa shape index (κ1) is 17.5. The van der Waals surface area contributed by atoms with Crippen LogP contribution in [-0.2, 0) is 6.42 Å². The number of thiophene rings is 1. The summed E-state index contributed by atoms with van der Waals surface area (Å²) in [7, 11) is 0. The van der Waals surface area contributed by atoms with E-state index in [-0.39, 0.29) is 5.91 Å². The van der Waals surface area contributed by atoms with Gasteiger partial charge in [-0.15, -0.1) is 27.8 Å². The van der Waals surface area contributed by atoms with Crippen LogP contribution in [0.4, 0.5) is 0 Å². The topological polar surface area (TPSA) is 59.3 Å². The van der Waals surface area contributed by atoms with Crippen molar-refractivity contribution < 1.29 is 4.79 Å². The Labute approximate surface area is 167 Å². The first-order valence-electron chi connectivity index (χ1n) is 7.72. The summed E-state index contributed by atoms with van der Waals surface area (Å²) in [5, 5.41) is 12.3. The summed E-state index contributed by atoms with van der Waals surface area (Å²) in [4.78, 5) is 18.7. The molecule has 1 N–H and O–H groups in total. The summed E-state index contributed by atoms with van der Waals surface area (Å²) in [6, 6.07) is 8.80. The van der Waals surface area contributed by atoms with Crippen molar-refractivity contribution in [3.63, 3.8) is 0 Å². The highest BCUT2D eigenvalue weighted by atomic mass is 35.5. The van der Waals surface area contributed by atoms with Gasteiger partial charge in [0.1, 0.15) is 0 Å². The van der Waals surface area contributed by atoms with Gasteiger partial charge >= 0.3 is 0 Å². The smallest absolute Gasteiger partial charge is 0.252 e. The molecule has 0 radical (unpaired) electrons. The molecule has 3 aromatic heterocycles. The predicted octanol–water partition coefficient (Wildman–Crippen LogP) is 4.80. The van der Waals surface area contributed by atoms with Crippen LogP contribution in [0.3, 0.4) is 0 Å². The van der Waals surface area contributed by atoms with E-state index < -0.39 is 0 Å². The molecular formula is C17H12Cl2N4OS2. The summed E-state index contributed by atoms with van der Waals surface area (Å²) in [6.07, 6.45) is 0.636. The number of halogens is 2. The number of hydrogen-bond donors (Lipinski definition) is 1. The zero-order valence-electron chi connectivity index (χ0n) is 13.3. The summed E-state index contributed by atoms with van der Waals surface area (Å²) < 4.78 is 1.83. The Kier molecular flexibility index (Phi) is 4.95. The molecular weight excluding hydrogens is 411 g/mol. The van der Waals surface area contributed by atoms with Gasteiger partial charge in [-0.1, -0.05) is 29.3 Å². The Hall–Kier alpha value is -1.93. The number of carbonyl (C=O) groups excluding carboxylic acids is 1. The van der Waals surface area contributed by atoms with Gasteiger partial charge in [0.15, 0.2) is 5.82 Å². The summed E-state index contributed by atoms with van der Waals surface area (Å²) >= 11 is 15.1. The minimum absolute atomic E-state index is 0.248. The van der Waals surface area contributed by atoms with Crippen LogP contribution >= 0.6 is 45.9 Å². The predicted molar refractivity (Wildman–Crippen MR) is 107 cm³/mol. The molecule has 132 valence electrons. The van der Waals surface area contributed by atoms with Gasteiger partial charge in [-0.3, -0.25) is 4.79 Å². The van der Waals surface area contributed by atoms with Gasteiger partial charge in [0.05, 0.1) is 21.2 Å². The quantitative estimate of drug-likeness (QED) is 0.502. The average molecular weight is 423 g/mol. The molecule has 0 saturated carbocycles. The first-order valence-corrected chi connectivity index (χ1v) is 10.2. The Morgan fingerprint density at radius 2 is 2.12 bits per heavy atom. The summed E-state index contributed by atoms with van der Waals surface area (Å²) in [5.74, 6) is 0.477. The molecule has 0 spiro atoms. The zero-order valence-corrected chi connectivity index (χ0v) is 16.4. The second-order valence-corrected chi connectivity index (χ2v) is 8.09. The molecule has 1 aromatic carbocycles. The van der Waals surface area contributed by atoms with Crippen molar-refractivity contribution in [2.75, 3.05) is 6.54 Å². The molecule has 0 atom stereocenters. The lowest BCUT2D eigenvalue weighted by atomic mass is 10.2. The highest BCUT2D eigenvalue weighted by Crippen LogP contribution is 2.24. The normalized spacial score (nSPS) is 11.2. The van der Waals surface area contributed by atoms with Crippen LogP contribution in [-0.4, -0.2) is 27.0 Å². The van der Waals surface area contributed by atoms with Gasteiger partial charge in [-0.05, 0) is 29.6 Å². The summed E-state index contributed by atoms with van der Waals surface area (Å²) in [5.41, 5.74) is 1.37. The second-order valence-electron chi connectivity index (χ2n) is 5.46. The maximum absolute atomic E-state index is 12.3. The van der Waals surface area contributed by atoms with Gasteiger partial charge in [-0.2, -0.15) is 4.98 Å². The van der Waals surface area contributed by atoms with Crippen LogP contribution in [0.15, 0.2) is 41.1 Å². The molecule has 5 nitrogen and oxygen atoms in total. The maximum Gasteiger partial charge on any atom is 0.252 e. The van der Waals surface area contributed by atoms with Crippen LogP contribution in [0.25, 0.3) is 15.7 Å². The van der Waals surface area contributed by atoms with Crippen molar-refractivity contribution in [2.45, 2.75) is 6.42 Å². The molecule has 0 bridgehead atoms. The number of aromatic nitrogens is 3. The van der Waals surface area contributed by atoms with Crippen molar-refractivity contribution in [3.8, 4) is 10.7 Å². The molecule has 0 unspecified atom stereocenters. The fourth-order valence-electron chi connectivity index (χ4n) is 2.48. The molecule has 26 heavy (non-hydrogen) atoms. The van der Waals surface area contributed by atoms with Gasteiger partial charge in [0, 0.05) is 23.4 Å². The standard InChI is InChI=1S/C17H12Cl2N4OS2/c18-10-3-4-13(19)12(8-10)16(24)20-6-5-11-9-26-17-21-15(22-23(11)17)14-2-1-7-25-14/h1-4,7-9H,5-6H2,(H,20,24). The van der Waals surface area contributed by atoms with Crippen molar-refractivity contribution in [2.24, 2.45) is 0 Å². The SMILES string of the molecule is O=C(NCCc1csc2nc(-c3cccs3)nn12)c1cc(Cl)ccc1Cl. The van der Waals surface area contributed by atoms with E-state index in [2.05, 4.69) is 15.4 Å². The van der Waals surface area contributed by atoms with E-state index in [0.717, 1.165) is 21.4 Å². The molecule has 1 amide bonds. The Balaban J connectivity index is 1.45. The number of carbonyl (C=O) groups is 1. The minimum Gasteiger partial charge on any atom is -0.352 e. The highest BCUT2D eigenvalue weighted by molar-refractivity contribution is 7.15. The number of nitrogens with zero attached hydrogens (tertiary/aromatic N) is 3. The number of hydrogen-bond acceptors (Lipinski definition) is 5. The Morgan fingerprint density at radius 1 is 1.23 bits per heavy atom. The number of fused-ring (bicyclic) bond motifs is 1. The van der Waals surface area contributed by atoms with Gasteiger partial charge < -0.3 is 5.32 Å². The third-order valence-electron chi connectivity index (χ3n) is 3.73. The van der Waals surface area contributed by atoms with Crippen LogP contribution in [0.1, 0.15) is 16.1 Å². The monoisotopic (exact) mass is 422 g/mol. The first-order chi connectivity index (χ1) is 12.6. The van der Waals surface area contributed by atoms with E-state index in [1.807, 2.05) is 27.4 Å². The molecule has 0 aliphatic carbocycles. The third-order valence-corrected chi connectivity index (χ3v) is 6.03. The number of rotatable bonds is 5. The van der Waals surface area contributed by atoms with E-state index in [1.54, 1.807) is 29.5 Å². The Morgan fingerprint density at radius 3 is 2.92 bits per heavy atom. The highest BCUT2D eigenvalue weighted by Gasteiger charge is 2.14. The van der Waals surface area contributed by atoms with E-state index in [0.29, 0.717) is 28.6 Å². The summed E-state index contributed by atoms with van der Waals surface area (Å²) in [6.45, 7) is 0.460. The van der Waals surface area contributed by atoms with Crippen LogP contribution < -0.4 is 5.32 Å². The lowest BCUT2D eigenvalue weighted by molar-refractivity contribution is 0.0954. The lowest BCUT2D eigenvalue weighted by Gasteiger charge is -2.06. The van der Waals surface area contributed by atoms with E-state index in [4.69, 9.17) is 23.2 Å². The average Bonchev–Trinajstić information content (AvgIpc) is 3.34. The zero-order chi connectivity index (χ0) is 18.1. The minimum atomic E-state index is -0.248. The molecule has 0 saturated heterocycles. The van der Waals surface area contributed by atoms with Gasteiger partial charge in [-0.25, -0.2) is 4.52 Å². The van der Waals surface area contributed by atoms with Gasteiger partial charge in [0.25, 0.3) is 5.91 Å². The number of amides is 1. The fourth-order valence-corrected chi connectivity index (χ4v) is 4.36. The van der Waals surface area contributed by atoms with E-state index in [1.165, 1.54) is 11.3 Å². The van der Waals surface area contributed by atoms with Crippen molar-refractivity contribution in [1.82, 2.24) is 19.9 Å².